The molecule has 2 heterocycles. The highest BCUT2D eigenvalue weighted by molar-refractivity contribution is 7.07. The van der Waals surface area contributed by atoms with Gasteiger partial charge in [-0.3, -0.25) is 5.41 Å². The van der Waals surface area contributed by atoms with E-state index in [-0.39, 0.29) is 5.84 Å². The molecule has 0 aromatic carbocycles. The number of rotatable bonds is 4. The average Bonchev–Trinajstić information content (AvgIpc) is 2.81. The highest BCUT2D eigenvalue weighted by Crippen LogP contribution is 2.18. The third-order valence-corrected chi connectivity index (χ3v) is 3.17. The first-order chi connectivity index (χ1) is 8.18. The maximum absolute atomic E-state index is 7.53. The normalized spacial score (nSPS) is 10.2. The van der Waals surface area contributed by atoms with Crippen molar-refractivity contribution in [1.82, 2.24) is 4.98 Å². The van der Waals surface area contributed by atoms with Gasteiger partial charge in [-0.2, -0.15) is 11.3 Å². The second-order valence-corrected chi connectivity index (χ2v) is 4.56. The molecule has 0 bridgehead atoms. The Morgan fingerprint density at radius 3 is 3.00 bits per heavy atom. The smallest absolute Gasteiger partial charge is 0.139 e. The van der Waals surface area contributed by atoms with Gasteiger partial charge in [-0.1, -0.05) is 0 Å². The van der Waals surface area contributed by atoms with Gasteiger partial charge in [0.1, 0.15) is 11.7 Å². The molecular formula is C12H14N4S. The summed E-state index contributed by atoms with van der Waals surface area (Å²) in [5, 5.41) is 11.7. The fraction of sp³-hybridized carbons (Fsp3) is 0.167. The molecule has 0 fully saturated rings. The third kappa shape index (κ3) is 2.62. The highest BCUT2D eigenvalue weighted by Gasteiger charge is 2.11. The second kappa shape index (κ2) is 4.97. The van der Waals surface area contributed by atoms with Crippen LogP contribution in [0.15, 0.2) is 35.2 Å². The summed E-state index contributed by atoms with van der Waals surface area (Å²) in [6.07, 6.45) is 1.71. The Labute approximate surface area is 104 Å². The van der Waals surface area contributed by atoms with E-state index in [4.69, 9.17) is 11.1 Å². The van der Waals surface area contributed by atoms with Crippen molar-refractivity contribution in [2.45, 2.75) is 6.54 Å². The lowest BCUT2D eigenvalue weighted by Crippen LogP contribution is -2.22. The first-order valence-electron chi connectivity index (χ1n) is 5.20. The number of anilines is 1. The van der Waals surface area contributed by atoms with Gasteiger partial charge in [0.2, 0.25) is 0 Å². The van der Waals surface area contributed by atoms with Gasteiger partial charge in [0.05, 0.1) is 5.56 Å². The van der Waals surface area contributed by atoms with E-state index >= 15 is 0 Å². The van der Waals surface area contributed by atoms with Crippen molar-refractivity contribution in [2.24, 2.45) is 5.73 Å². The summed E-state index contributed by atoms with van der Waals surface area (Å²) < 4.78 is 0. The van der Waals surface area contributed by atoms with E-state index in [1.807, 2.05) is 23.4 Å². The van der Waals surface area contributed by atoms with Crippen molar-refractivity contribution in [2.75, 3.05) is 11.9 Å². The SMILES string of the molecule is CN(Cc1ccsc1)c1ncccc1C(=N)N. The van der Waals surface area contributed by atoms with Gasteiger partial charge in [-0.05, 0) is 34.5 Å². The van der Waals surface area contributed by atoms with Gasteiger partial charge < -0.3 is 10.6 Å². The number of aromatic nitrogens is 1. The van der Waals surface area contributed by atoms with Crippen LogP contribution in [0.1, 0.15) is 11.1 Å². The Hall–Kier alpha value is -1.88. The van der Waals surface area contributed by atoms with Crippen LogP contribution in [-0.4, -0.2) is 17.9 Å². The minimum Gasteiger partial charge on any atom is -0.384 e. The lowest BCUT2D eigenvalue weighted by atomic mass is 10.2. The van der Waals surface area contributed by atoms with Crippen molar-refractivity contribution in [3.05, 3.63) is 46.3 Å². The van der Waals surface area contributed by atoms with E-state index in [0.29, 0.717) is 5.56 Å². The van der Waals surface area contributed by atoms with E-state index < -0.39 is 0 Å². The molecule has 2 aromatic heterocycles. The Morgan fingerprint density at radius 2 is 2.35 bits per heavy atom. The molecule has 0 spiro atoms. The Kier molecular flexibility index (Phi) is 3.39. The van der Waals surface area contributed by atoms with Crippen LogP contribution in [0, 0.1) is 5.41 Å². The van der Waals surface area contributed by atoms with Crippen molar-refractivity contribution >= 4 is 23.0 Å². The zero-order valence-electron chi connectivity index (χ0n) is 9.55. The van der Waals surface area contributed by atoms with Crippen molar-refractivity contribution in [3.63, 3.8) is 0 Å². The minimum absolute atomic E-state index is 0.0465. The molecule has 0 aliphatic heterocycles. The Balaban J connectivity index is 2.24. The fourth-order valence-corrected chi connectivity index (χ4v) is 2.30. The molecule has 0 saturated carbocycles. The topological polar surface area (TPSA) is 66.0 Å². The van der Waals surface area contributed by atoms with Crippen molar-refractivity contribution in [1.29, 1.82) is 5.41 Å². The number of nitrogens with one attached hydrogen (secondary N) is 1. The summed E-state index contributed by atoms with van der Waals surface area (Å²) in [6.45, 7) is 0.765. The van der Waals surface area contributed by atoms with E-state index in [0.717, 1.165) is 12.4 Å². The number of hydrogen-bond donors (Lipinski definition) is 2. The Bertz CT molecular complexity index is 507. The molecule has 88 valence electrons. The van der Waals surface area contributed by atoms with Gasteiger partial charge in [0.15, 0.2) is 0 Å². The molecule has 0 amide bonds. The average molecular weight is 246 g/mol. The predicted octanol–water partition coefficient (Wildman–Crippen LogP) is 2.06. The van der Waals surface area contributed by atoms with E-state index in [1.54, 1.807) is 23.6 Å². The van der Waals surface area contributed by atoms with Crippen LogP contribution in [0.2, 0.25) is 0 Å². The van der Waals surface area contributed by atoms with E-state index in [9.17, 15) is 0 Å². The summed E-state index contributed by atoms with van der Waals surface area (Å²) >= 11 is 1.67. The molecule has 0 atom stereocenters. The summed E-state index contributed by atoms with van der Waals surface area (Å²) in [5.41, 5.74) is 7.45. The van der Waals surface area contributed by atoms with Crippen LogP contribution in [0.25, 0.3) is 0 Å². The summed E-state index contributed by atoms with van der Waals surface area (Å²) in [4.78, 5) is 6.29. The van der Waals surface area contributed by atoms with Crippen LogP contribution in [-0.2, 0) is 6.54 Å². The monoisotopic (exact) mass is 246 g/mol. The fourth-order valence-electron chi connectivity index (χ4n) is 1.64. The quantitative estimate of drug-likeness (QED) is 0.641. The largest absolute Gasteiger partial charge is 0.384 e. The standard InChI is InChI=1S/C12H14N4S/c1-16(7-9-4-6-17-8-9)12-10(11(13)14)3-2-5-15-12/h2-6,8H,7H2,1H3,(H3,13,14). The Morgan fingerprint density at radius 1 is 1.53 bits per heavy atom. The van der Waals surface area contributed by atoms with Gasteiger partial charge in [-0.15, -0.1) is 0 Å². The predicted molar refractivity (Wildman–Crippen MR) is 71.7 cm³/mol. The first kappa shape index (κ1) is 11.6. The van der Waals surface area contributed by atoms with Crippen LogP contribution >= 0.6 is 11.3 Å². The summed E-state index contributed by atoms with van der Waals surface area (Å²) in [6, 6.07) is 5.69. The third-order valence-electron chi connectivity index (χ3n) is 2.44. The van der Waals surface area contributed by atoms with Crippen LogP contribution < -0.4 is 10.6 Å². The van der Waals surface area contributed by atoms with Gasteiger partial charge in [0, 0.05) is 19.8 Å². The molecule has 0 aliphatic rings. The first-order valence-corrected chi connectivity index (χ1v) is 6.14. The molecule has 2 rings (SSSR count). The molecule has 17 heavy (non-hydrogen) atoms. The maximum Gasteiger partial charge on any atom is 0.139 e. The molecular weight excluding hydrogens is 232 g/mol. The van der Waals surface area contributed by atoms with Crippen LogP contribution in [0.3, 0.4) is 0 Å². The zero-order valence-corrected chi connectivity index (χ0v) is 10.4. The van der Waals surface area contributed by atoms with Gasteiger partial charge in [0.25, 0.3) is 0 Å². The van der Waals surface area contributed by atoms with Gasteiger partial charge in [-0.25, -0.2) is 4.98 Å². The molecule has 2 aromatic rings. The van der Waals surface area contributed by atoms with Crippen LogP contribution in [0.5, 0.6) is 0 Å². The molecule has 0 saturated heterocycles. The van der Waals surface area contributed by atoms with Gasteiger partial charge >= 0.3 is 0 Å². The number of nitrogens with zero attached hydrogens (tertiary/aromatic N) is 2. The number of amidine groups is 1. The highest BCUT2D eigenvalue weighted by atomic mass is 32.1. The van der Waals surface area contributed by atoms with Crippen molar-refractivity contribution in [3.8, 4) is 0 Å². The molecule has 4 nitrogen and oxygen atoms in total. The molecule has 5 heteroatoms. The summed E-state index contributed by atoms with van der Waals surface area (Å²) in [7, 11) is 1.95. The molecule has 0 aliphatic carbocycles. The molecule has 0 unspecified atom stereocenters. The van der Waals surface area contributed by atoms with E-state index in [2.05, 4.69) is 16.4 Å². The lowest BCUT2D eigenvalue weighted by molar-refractivity contribution is 0.899. The van der Waals surface area contributed by atoms with E-state index in [1.165, 1.54) is 5.56 Å². The number of pyridine rings is 1. The van der Waals surface area contributed by atoms with Crippen molar-refractivity contribution < 1.29 is 0 Å². The molecule has 0 radical (unpaired) electrons. The molecule has 3 N–H and O–H groups in total. The number of thiophene rings is 1. The number of hydrogen-bond acceptors (Lipinski definition) is 4. The summed E-state index contributed by atoms with van der Waals surface area (Å²) in [5.74, 6) is 0.788. The lowest BCUT2D eigenvalue weighted by Gasteiger charge is -2.20. The zero-order chi connectivity index (χ0) is 12.3. The number of nitrogens with two attached hydrogens (primary N) is 1. The van der Waals surface area contributed by atoms with Crippen LogP contribution in [0.4, 0.5) is 5.82 Å². The number of nitrogen functional groups attached to an aromatic ring is 1. The maximum atomic E-state index is 7.53. The second-order valence-electron chi connectivity index (χ2n) is 3.78. The minimum atomic E-state index is 0.0465.